The van der Waals surface area contributed by atoms with Crippen LogP contribution in [0.3, 0.4) is 0 Å². The maximum Gasteiger partial charge on any atom is 0.191 e. The lowest BCUT2D eigenvalue weighted by atomic mass is 10.2. The molecule has 5 nitrogen and oxygen atoms in total. The fourth-order valence-corrected chi connectivity index (χ4v) is 3.73. The van der Waals surface area contributed by atoms with Crippen LogP contribution in [0.15, 0.2) is 34.0 Å². The quantitative estimate of drug-likeness (QED) is 0.596. The molecule has 0 aliphatic heterocycles. The summed E-state index contributed by atoms with van der Waals surface area (Å²) >= 11 is 1.75. The molecule has 2 aromatic heterocycles. The number of furan rings is 1. The molecule has 3 rings (SSSR count). The van der Waals surface area contributed by atoms with Crippen LogP contribution in [0.25, 0.3) is 0 Å². The molecule has 1 aliphatic rings. The van der Waals surface area contributed by atoms with Gasteiger partial charge < -0.3 is 15.1 Å². The maximum absolute atomic E-state index is 5.38. The average molecular weight is 347 g/mol. The third-order valence-corrected chi connectivity index (χ3v) is 5.18. The number of nitrogens with one attached hydrogen (secondary N) is 2. The highest BCUT2D eigenvalue weighted by Gasteiger charge is 2.16. The first kappa shape index (κ1) is 17.0. The Hall–Kier alpha value is -1.82. The summed E-state index contributed by atoms with van der Waals surface area (Å²) < 4.78 is 5.38. The number of hydrogen-bond donors (Lipinski definition) is 2. The molecule has 0 unspecified atom stereocenters. The van der Waals surface area contributed by atoms with Gasteiger partial charge in [-0.25, -0.2) is 4.98 Å². The Bertz CT molecular complexity index is 629. The zero-order chi connectivity index (χ0) is 16.6. The molecular formula is C18H26N4OS. The van der Waals surface area contributed by atoms with Crippen LogP contribution in [0.5, 0.6) is 0 Å². The van der Waals surface area contributed by atoms with Crippen molar-refractivity contribution in [3.8, 4) is 0 Å². The number of aryl methyl sites for hydroxylation is 1. The Balaban J connectivity index is 1.50. The number of guanidine groups is 1. The third-order valence-electron chi connectivity index (χ3n) is 4.20. The number of nitrogens with zero attached hydrogens (tertiary/aromatic N) is 2. The molecule has 0 radical (unpaired) electrons. The molecule has 2 N–H and O–H groups in total. The second-order valence-corrected chi connectivity index (χ2v) is 7.55. The minimum absolute atomic E-state index is 0.557. The maximum atomic E-state index is 5.38. The molecule has 2 heterocycles. The van der Waals surface area contributed by atoms with E-state index in [2.05, 4.69) is 22.5 Å². The summed E-state index contributed by atoms with van der Waals surface area (Å²) in [7, 11) is 0. The summed E-state index contributed by atoms with van der Waals surface area (Å²) in [6.45, 7) is 3.67. The van der Waals surface area contributed by atoms with Crippen molar-refractivity contribution in [3.63, 3.8) is 0 Å². The predicted octanol–water partition coefficient (Wildman–Crippen LogP) is 3.31. The van der Waals surface area contributed by atoms with Crippen molar-refractivity contribution in [3.05, 3.63) is 40.2 Å². The van der Waals surface area contributed by atoms with Crippen LogP contribution < -0.4 is 10.6 Å². The predicted molar refractivity (Wildman–Crippen MR) is 98.7 cm³/mol. The van der Waals surface area contributed by atoms with E-state index < -0.39 is 0 Å². The number of hydrogen-bond acceptors (Lipinski definition) is 4. The first-order valence-corrected chi connectivity index (χ1v) is 9.60. The standard InChI is InChI=1S/C18H26N4OS/c1-14-13-21-17(24-14)9-11-20-18(22-15-5-2-3-6-15)19-10-8-16-7-4-12-23-16/h4,7,12-13,15H,2-3,5-6,8-11H2,1H3,(H2,19,20,22). The van der Waals surface area contributed by atoms with Crippen LogP contribution in [0, 0.1) is 6.92 Å². The molecule has 0 saturated heterocycles. The fraction of sp³-hybridized carbons (Fsp3) is 0.556. The summed E-state index contributed by atoms with van der Waals surface area (Å²) in [5.74, 6) is 1.92. The molecule has 2 aromatic rings. The Morgan fingerprint density at radius 1 is 1.38 bits per heavy atom. The lowest BCUT2D eigenvalue weighted by Crippen LogP contribution is -2.43. The first-order valence-electron chi connectivity index (χ1n) is 8.78. The van der Waals surface area contributed by atoms with E-state index >= 15 is 0 Å². The minimum atomic E-state index is 0.557. The Labute approximate surface area is 147 Å². The smallest absolute Gasteiger partial charge is 0.191 e. The normalized spacial score (nSPS) is 15.8. The van der Waals surface area contributed by atoms with Crippen LogP contribution in [0.4, 0.5) is 0 Å². The molecule has 0 atom stereocenters. The molecular weight excluding hydrogens is 320 g/mol. The zero-order valence-corrected chi connectivity index (χ0v) is 15.1. The van der Waals surface area contributed by atoms with Crippen molar-refractivity contribution in [2.24, 2.45) is 4.99 Å². The second kappa shape index (κ2) is 8.87. The van der Waals surface area contributed by atoms with Crippen LogP contribution in [0.1, 0.15) is 41.3 Å². The van der Waals surface area contributed by atoms with Crippen molar-refractivity contribution < 1.29 is 4.42 Å². The summed E-state index contributed by atoms with van der Waals surface area (Å²) in [5, 5.41) is 8.18. The van der Waals surface area contributed by atoms with Crippen LogP contribution in [0.2, 0.25) is 0 Å². The van der Waals surface area contributed by atoms with Gasteiger partial charge in [-0.2, -0.15) is 0 Å². The van der Waals surface area contributed by atoms with Gasteiger partial charge in [-0.15, -0.1) is 11.3 Å². The van der Waals surface area contributed by atoms with Gasteiger partial charge in [-0.05, 0) is 31.9 Å². The van der Waals surface area contributed by atoms with E-state index in [1.807, 2.05) is 18.3 Å². The highest BCUT2D eigenvalue weighted by molar-refractivity contribution is 7.11. The lowest BCUT2D eigenvalue weighted by Gasteiger charge is -2.17. The summed E-state index contributed by atoms with van der Waals surface area (Å²) in [6, 6.07) is 4.49. The highest BCUT2D eigenvalue weighted by atomic mass is 32.1. The Kier molecular flexibility index (Phi) is 6.29. The van der Waals surface area contributed by atoms with Gasteiger partial charge in [0.1, 0.15) is 5.76 Å². The monoisotopic (exact) mass is 346 g/mol. The molecule has 0 aromatic carbocycles. The van der Waals surface area contributed by atoms with Crippen molar-refractivity contribution in [2.75, 3.05) is 13.1 Å². The lowest BCUT2D eigenvalue weighted by molar-refractivity contribution is 0.506. The SMILES string of the molecule is Cc1cnc(CCN=C(NCCc2ccco2)NC2CCCC2)s1. The van der Waals surface area contributed by atoms with Gasteiger partial charge in [-0.3, -0.25) is 4.99 Å². The van der Waals surface area contributed by atoms with Gasteiger partial charge in [0.15, 0.2) is 5.96 Å². The number of aromatic nitrogens is 1. The van der Waals surface area contributed by atoms with Gasteiger partial charge in [0.2, 0.25) is 0 Å². The van der Waals surface area contributed by atoms with Crippen LogP contribution in [-0.4, -0.2) is 30.1 Å². The molecule has 0 bridgehead atoms. The molecule has 0 amide bonds. The molecule has 1 aliphatic carbocycles. The molecule has 6 heteroatoms. The average Bonchev–Trinajstić information content (AvgIpc) is 3.30. The summed E-state index contributed by atoms with van der Waals surface area (Å²) in [6.07, 6.45) is 10.5. The van der Waals surface area contributed by atoms with E-state index in [4.69, 9.17) is 9.41 Å². The molecule has 24 heavy (non-hydrogen) atoms. The number of aliphatic imine (C=N–C) groups is 1. The van der Waals surface area contributed by atoms with E-state index in [1.165, 1.54) is 30.6 Å². The molecule has 130 valence electrons. The van der Waals surface area contributed by atoms with Gasteiger partial charge >= 0.3 is 0 Å². The topological polar surface area (TPSA) is 62.5 Å². The second-order valence-electron chi connectivity index (χ2n) is 6.23. The van der Waals surface area contributed by atoms with Gasteiger partial charge in [-0.1, -0.05) is 12.8 Å². The van der Waals surface area contributed by atoms with Crippen molar-refractivity contribution in [1.82, 2.24) is 15.6 Å². The summed E-state index contributed by atoms with van der Waals surface area (Å²) in [5.41, 5.74) is 0. The minimum Gasteiger partial charge on any atom is -0.469 e. The Morgan fingerprint density at radius 3 is 2.96 bits per heavy atom. The Morgan fingerprint density at radius 2 is 2.25 bits per heavy atom. The van der Waals surface area contributed by atoms with Crippen molar-refractivity contribution in [2.45, 2.75) is 51.5 Å². The summed E-state index contributed by atoms with van der Waals surface area (Å²) in [4.78, 5) is 10.4. The van der Waals surface area contributed by atoms with E-state index in [0.29, 0.717) is 6.04 Å². The van der Waals surface area contributed by atoms with Crippen molar-refractivity contribution in [1.29, 1.82) is 0 Å². The van der Waals surface area contributed by atoms with Gasteiger partial charge in [0.05, 0.1) is 11.3 Å². The zero-order valence-electron chi connectivity index (χ0n) is 14.3. The molecule has 1 saturated carbocycles. The molecule has 1 fully saturated rings. The van der Waals surface area contributed by atoms with E-state index in [0.717, 1.165) is 42.7 Å². The third kappa shape index (κ3) is 5.37. The fourth-order valence-electron chi connectivity index (χ4n) is 2.96. The van der Waals surface area contributed by atoms with E-state index in [9.17, 15) is 0 Å². The largest absolute Gasteiger partial charge is 0.469 e. The molecule has 0 spiro atoms. The van der Waals surface area contributed by atoms with Gasteiger partial charge in [0, 0.05) is 43.0 Å². The van der Waals surface area contributed by atoms with Crippen LogP contribution in [-0.2, 0) is 12.8 Å². The van der Waals surface area contributed by atoms with Crippen LogP contribution >= 0.6 is 11.3 Å². The van der Waals surface area contributed by atoms with E-state index in [1.54, 1.807) is 17.6 Å². The van der Waals surface area contributed by atoms with E-state index in [-0.39, 0.29) is 0 Å². The van der Waals surface area contributed by atoms with Gasteiger partial charge in [0.25, 0.3) is 0 Å². The number of thiazole rings is 1. The van der Waals surface area contributed by atoms with Crippen molar-refractivity contribution >= 4 is 17.3 Å². The first-order chi connectivity index (χ1) is 11.8. The highest BCUT2D eigenvalue weighted by Crippen LogP contribution is 2.17. The number of rotatable bonds is 7.